The molecule has 0 aliphatic heterocycles. The van der Waals surface area contributed by atoms with Gasteiger partial charge in [0.2, 0.25) is 10.0 Å². The molecule has 0 saturated carbocycles. The first-order valence-electron chi connectivity index (χ1n) is 5.96. The van der Waals surface area contributed by atoms with Gasteiger partial charge in [0.25, 0.3) is 0 Å². The van der Waals surface area contributed by atoms with Gasteiger partial charge in [-0.25, -0.2) is 8.42 Å². The highest BCUT2D eigenvalue weighted by molar-refractivity contribution is 7.90. The minimum absolute atomic E-state index is 0.220. The molecule has 0 heterocycles. The smallest absolute Gasteiger partial charge is 0.238 e. The highest BCUT2D eigenvalue weighted by Gasteiger charge is 2.37. The molecule has 0 spiro atoms. The second-order valence-electron chi connectivity index (χ2n) is 4.59. The van der Waals surface area contributed by atoms with Crippen molar-refractivity contribution in [2.45, 2.75) is 38.2 Å². The molecule has 0 aromatic heterocycles. The van der Waals surface area contributed by atoms with E-state index in [2.05, 4.69) is 0 Å². The van der Waals surface area contributed by atoms with Crippen LogP contribution >= 0.6 is 0 Å². The SMILES string of the molecule is CC(C)OC(C)C(C(=O)c1ccccc1)S([NH])(=O)=O. The first-order chi connectivity index (χ1) is 8.73. The summed E-state index contributed by atoms with van der Waals surface area (Å²) in [7, 11) is -4.28. The fraction of sp³-hybridized carbons (Fsp3) is 0.462. The number of carbonyl (C=O) groups is 1. The quantitative estimate of drug-likeness (QED) is 0.744. The van der Waals surface area contributed by atoms with Crippen LogP contribution in [0, 0.1) is 0 Å². The zero-order chi connectivity index (χ0) is 14.6. The van der Waals surface area contributed by atoms with E-state index in [9.17, 15) is 13.2 Å². The molecule has 2 atom stereocenters. The van der Waals surface area contributed by atoms with E-state index in [1.807, 2.05) is 0 Å². The molecule has 0 aliphatic rings. The van der Waals surface area contributed by atoms with Gasteiger partial charge in [0.15, 0.2) is 11.0 Å². The van der Waals surface area contributed by atoms with Gasteiger partial charge in [0, 0.05) is 5.56 Å². The molecule has 1 aromatic rings. The van der Waals surface area contributed by atoms with Crippen LogP contribution in [0.3, 0.4) is 0 Å². The molecule has 1 radical (unpaired) electrons. The highest BCUT2D eigenvalue weighted by atomic mass is 32.2. The average molecular weight is 284 g/mol. The number of carbonyl (C=O) groups excluding carboxylic acids is 1. The van der Waals surface area contributed by atoms with E-state index in [1.165, 1.54) is 19.1 Å². The summed E-state index contributed by atoms with van der Waals surface area (Å²) in [6, 6.07) is 8.09. The summed E-state index contributed by atoms with van der Waals surface area (Å²) in [6.07, 6.45) is -1.09. The molecule has 1 N–H and O–H groups in total. The molecule has 1 aromatic carbocycles. The summed E-state index contributed by atoms with van der Waals surface area (Å²) in [5, 5.41) is 5.71. The molecule has 2 unspecified atom stereocenters. The molecule has 5 nitrogen and oxygen atoms in total. The molecule has 0 saturated heterocycles. The van der Waals surface area contributed by atoms with E-state index >= 15 is 0 Å². The number of ketones is 1. The van der Waals surface area contributed by atoms with Crippen LogP contribution in [0.1, 0.15) is 31.1 Å². The van der Waals surface area contributed by atoms with Gasteiger partial charge in [-0.1, -0.05) is 30.3 Å². The molecule has 0 fully saturated rings. The summed E-state index contributed by atoms with van der Waals surface area (Å²) in [4.78, 5) is 12.2. The van der Waals surface area contributed by atoms with E-state index in [1.54, 1.807) is 32.0 Å². The maximum Gasteiger partial charge on any atom is 0.238 e. The Kier molecular flexibility index (Phi) is 5.22. The third kappa shape index (κ3) is 4.41. The molecule has 0 bridgehead atoms. The zero-order valence-corrected chi connectivity index (χ0v) is 12.0. The third-order valence-electron chi connectivity index (χ3n) is 2.56. The second kappa shape index (κ2) is 6.27. The standard InChI is InChI=1S/C13H18NO4S/c1-9(2)18-10(3)13(19(14,16)17)12(15)11-7-5-4-6-8-11/h4-10,13-14H,1-3H3. The van der Waals surface area contributed by atoms with Crippen LogP contribution < -0.4 is 5.14 Å². The minimum atomic E-state index is -4.28. The molecule has 0 amide bonds. The van der Waals surface area contributed by atoms with Crippen molar-refractivity contribution >= 4 is 15.8 Å². The molecule has 6 heteroatoms. The second-order valence-corrected chi connectivity index (χ2v) is 6.18. The van der Waals surface area contributed by atoms with Gasteiger partial charge in [0.1, 0.15) is 0 Å². The van der Waals surface area contributed by atoms with Gasteiger partial charge < -0.3 is 4.74 Å². The molecule has 1 rings (SSSR count). The molecule has 0 aliphatic carbocycles. The van der Waals surface area contributed by atoms with Crippen molar-refractivity contribution in [1.29, 1.82) is 0 Å². The Morgan fingerprint density at radius 3 is 2.11 bits per heavy atom. The van der Waals surface area contributed by atoms with Crippen LogP contribution in [0.25, 0.3) is 0 Å². The van der Waals surface area contributed by atoms with Gasteiger partial charge in [-0.2, -0.15) is 0 Å². The fourth-order valence-electron chi connectivity index (χ4n) is 1.87. The summed E-state index contributed by atoms with van der Waals surface area (Å²) >= 11 is 0. The summed E-state index contributed by atoms with van der Waals surface area (Å²) in [5.74, 6) is -0.608. The van der Waals surface area contributed by atoms with Crippen molar-refractivity contribution in [2.24, 2.45) is 0 Å². The van der Waals surface area contributed by atoms with E-state index in [4.69, 9.17) is 9.88 Å². The first kappa shape index (κ1) is 15.8. The van der Waals surface area contributed by atoms with Crippen LogP contribution in [0.5, 0.6) is 0 Å². The molecule has 19 heavy (non-hydrogen) atoms. The van der Waals surface area contributed by atoms with E-state index in [0.717, 1.165) is 0 Å². The lowest BCUT2D eigenvalue weighted by Crippen LogP contribution is -2.42. The summed E-state index contributed by atoms with van der Waals surface area (Å²) in [5.41, 5.74) is 0.266. The average Bonchev–Trinajstić information content (AvgIpc) is 2.27. The van der Waals surface area contributed by atoms with Gasteiger partial charge >= 0.3 is 0 Å². The monoisotopic (exact) mass is 284 g/mol. The number of hydrogen-bond donors (Lipinski definition) is 0. The Balaban J connectivity index is 3.09. The normalized spacial score (nSPS) is 15.2. The summed E-state index contributed by atoms with van der Waals surface area (Å²) in [6.45, 7) is 4.99. The maximum absolute atomic E-state index is 12.2. The predicted octanol–water partition coefficient (Wildman–Crippen LogP) is 1.66. The van der Waals surface area contributed by atoms with Gasteiger partial charge in [-0.15, -0.1) is 5.14 Å². The molecular formula is C13H18NO4S. The number of nitrogens with one attached hydrogen (secondary N) is 1. The minimum Gasteiger partial charge on any atom is -0.374 e. The molecule has 105 valence electrons. The Morgan fingerprint density at radius 2 is 1.68 bits per heavy atom. The number of sulfonamides is 1. The Morgan fingerprint density at radius 1 is 1.16 bits per heavy atom. The van der Waals surface area contributed by atoms with Gasteiger partial charge in [0.05, 0.1) is 12.2 Å². The first-order valence-corrected chi connectivity index (χ1v) is 7.51. The van der Waals surface area contributed by atoms with Crippen LogP contribution in [0.4, 0.5) is 0 Å². The largest absolute Gasteiger partial charge is 0.374 e. The van der Waals surface area contributed by atoms with Crippen LogP contribution in [0.2, 0.25) is 0 Å². The summed E-state index contributed by atoms with van der Waals surface area (Å²) < 4.78 is 28.4. The highest BCUT2D eigenvalue weighted by Crippen LogP contribution is 2.16. The number of hydrogen-bond acceptors (Lipinski definition) is 4. The van der Waals surface area contributed by atoms with E-state index in [-0.39, 0.29) is 11.7 Å². The van der Waals surface area contributed by atoms with Crippen molar-refractivity contribution in [1.82, 2.24) is 5.14 Å². The van der Waals surface area contributed by atoms with Crippen molar-refractivity contribution in [2.75, 3.05) is 0 Å². The number of ether oxygens (including phenoxy) is 1. The zero-order valence-electron chi connectivity index (χ0n) is 11.2. The Hall–Kier alpha value is -1.24. The van der Waals surface area contributed by atoms with Crippen molar-refractivity contribution < 1.29 is 17.9 Å². The topological polar surface area (TPSA) is 84.2 Å². The fourth-order valence-corrected chi connectivity index (χ4v) is 2.86. The van der Waals surface area contributed by atoms with Crippen LogP contribution in [-0.2, 0) is 14.8 Å². The lowest BCUT2D eigenvalue weighted by atomic mass is 10.1. The third-order valence-corrected chi connectivity index (χ3v) is 3.83. The Labute approximate surface area is 113 Å². The molecular weight excluding hydrogens is 266 g/mol. The lowest BCUT2D eigenvalue weighted by molar-refractivity contribution is 0.0176. The van der Waals surface area contributed by atoms with Gasteiger partial charge in [-0.3, -0.25) is 4.79 Å². The van der Waals surface area contributed by atoms with Crippen molar-refractivity contribution in [3.63, 3.8) is 0 Å². The maximum atomic E-state index is 12.2. The lowest BCUT2D eigenvalue weighted by Gasteiger charge is -2.23. The van der Waals surface area contributed by atoms with Gasteiger partial charge in [-0.05, 0) is 20.8 Å². The number of Topliss-reactive ketones (excluding diaryl/α,β-unsaturated/α-hetero) is 1. The van der Waals surface area contributed by atoms with Crippen molar-refractivity contribution in [3.05, 3.63) is 35.9 Å². The van der Waals surface area contributed by atoms with Crippen LogP contribution in [-0.4, -0.2) is 31.7 Å². The van der Waals surface area contributed by atoms with E-state index in [0.29, 0.717) is 0 Å². The Bertz CT molecular complexity index is 525. The number of rotatable bonds is 6. The van der Waals surface area contributed by atoms with Crippen LogP contribution in [0.15, 0.2) is 30.3 Å². The predicted molar refractivity (Wildman–Crippen MR) is 72.3 cm³/mol. The number of benzene rings is 1. The van der Waals surface area contributed by atoms with Crippen molar-refractivity contribution in [3.8, 4) is 0 Å². The van der Waals surface area contributed by atoms with E-state index < -0.39 is 27.2 Å².